The maximum atomic E-state index is 14.5. The van der Waals surface area contributed by atoms with Crippen molar-refractivity contribution in [1.29, 1.82) is 0 Å². The predicted molar refractivity (Wildman–Crippen MR) is 497 cm³/mol. The van der Waals surface area contributed by atoms with Crippen LogP contribution in [-0.2, 0) is 75.8 Å². The van der Waals surface area contributed by atoms with Crippen molar-refractivity contribution < 1.29 is 87.3 Å². The average Bonchev–Trinajstić information content (AvgIpc) is 1.68. The van der Waals surface area contributed by atoms with E-state index in [0.29, 0.717) is 45.5 Å². The number of ether oxygens (including phenoxy) is 2. The summed E-state index contributed by atoms with van der Waals surface area (Å²) in [5.74, 6) is -5.29. The van der Waals surface area contributed by atoms with Crippen LogP contribution in [0.4, 0.5) is 44.2 Å². The van der Waals surface area contributed by atoms with Crippen molar-refractivity contribution in [3.05, 3.63) is 198 Å². The van der Waals surface area contributed by atoms with Gasteiger partial charge < -0.3 is 76.3 Å². The Morgan fingerprint density at radius 1 is 0.400 bits per heavy atom. The van der Waals surface area contributed by atoms with Gasteiger partial charge in [-0.1, -0.05) is 116 Å². The SMILES string of the molecule is CN(C)C12CCC(C(=O)C[C@]3(O)C(=O)Nc4c(Cl)ccc(Cl)c43)(CC1)CC2.COC12CCC(C(=O)C[C@]3(O)C(=O)Nc4c(Cl)ccc(Cl)c43)(CC1)CC2.COC1CCC(C(=O)C[C@]2(O)C(=O)Nc3c(Cl)ccc(Cl)c32)CC1.O=C(C[C@@]1(O)C(=O)Nc2c(Cl)ccc(Cl)c21)c1ccc(N2CC2)cc1.O=C(C[C@@]1(O)C(=O)Nc2c(Cl)ccc(Cl)c21)c1ccc(N2CCCC2)c(F)c1. The number of fused-ring (bicyclic) bond motifs is 11. The van der Waals surface area contributed by atoms with Crippen LogP contribution in [0.15, 0.2) is 103 Å². The van der Waals surface area contributed by atoms with E-state index in [-0.39, 0.29) is 156 Å². The lowest BCUT2D eigenvalue weighted by atomic mass is 9.54. The van der Waals surface area contributed by atoms with Crippen LogP contribution < -0.4 is 36.4 Å². The number of nitrogens with zero attached hydrogens (tertiary/aromatic N) is 3. The van der Waals surface area contributed by atoms with Gasteiger partial charge in [-0.15, -0.1) is 0 Å². The fraction of sp³-hybridized carbons (Fsp3) is 0.447. The van der Waals surface area contributed by atoms with Crippen molar-refractivity contribution in [2.75, 3.05) is 90.9 Å². The molecule has 7 heterocycles. The summed E-state index contributed by atoms with van der Waals surface area (Å²) < 4.78 is 25.5. The Labute approximate surface area is 799 Å². The number of Topliss-reactive ketones (excluding diaryl/α,β-unsaturated/α-hetero) is 5. The van der Waals surface area contributed by atoms with Crippen LogP contribution in [0, 0.1) is 22.6 Å². The highest BCUT2D eigenvalue weighted by atomic mass is 35.5. The van der Waals surface area contributed by atoms with Gasteiger partial charge in [0.1, 0.15) is 23.2 Å². The van der Waals surface area contributed by atoms with E-state index in [1.54, 1.807) is 56.7 Å². The lowest BCUT2D eigenvalue weighted by Gasteiger charge is -2.55. The van der Waals surface area contributed by atoms with Crippen molar-refractivity contribution in [1.82, 2.24) is 4.90 Å². The molecule has 9 fully saturated rings. The zero-order chi connectivity index (χ0) is 93.7. The maximum absolute atomic E-state index is 14.5. The van der Waals surface area contributed by atoms with Crippen LogP contribution in [0.3, 0.4) is 0 Å². The Bertz CT molecular complexity index is 5780. The highest BCUT2D eigenvalue weighted by Gasteiger charge is 2.60. The number of halogens is 11. The largest absolute Gasteiger partial charge is 0.381 e. The molecule has 5 amide bonds. The van der Waals surface area contributed by atoms with Gasteiger partial charge in [0, 0.05) is 152 Å². The molecule has 2 saturated heterocycles. The van der Waals surface area contributed by atoms with Crippen LogP contribution in [-0.4, -0.2) is 161 Å². The minimum absolute atomic E-state index is 0.0453. The Morgan fingerprint density at radius 3 is 1.04 bits per heavy atom. The van der Waals surface area contributed by atoms with E-state index in [9.17, 15) is 77.9 Å². The van der Waals surface area contributed by atoms with Gasteiger partial charge in [0.25, 0.3) is 29.5 Å². The second kappa shape index (κ2) is 37.2. The lowest BCUT2D eigenvalue weighted by Crippen LogP contribution is -2.56. The number of hydrogen-bond donors (Lipinski definition) is 10. The fourth-order valence-corrected chi connectivity index (χ4v) is 23.2. The van der Waals surface area contributed by atoms with Gasteiger partial charge in [-0.05, 0) is 233 Å². The molecule has 14 aliphatic rings. The zero-order valence-electron chi connectivity index (χ0n) is 71.2. The zero-order valence-corrected chi connectivity index (χ0v) is 78.8. The summed E-state index contributed by atoms with van der Waals surface area (Å²) in [6, 6.07) is 26.6. The van der Waals surface area contributed by atoms with Crippen LogP contribution in [0.2, 0.25) is 50.2 Å². The topological polar surface area (TPSA) is 360 Å². The molecule has 0 aromatic heterocycles. The summed E-state index contributed by atoms with van der Waals surface area (Å²) in [4.78, 5) is 133. The smallest absolute Gasteiger partial charge is 0.261 e. The first-order chi connectivity index (χ1) is 61.5. The van der Waals surface area contributed by atoms with E-state index in [1.165, 1.54) is 42.5 Å². The molecule has 21 rings (SSSR count). The molecule has 0 spiro atoms. The number of ketones is 5. The molecule has 10 N–H and O–H groups in total. The monoisotopic (exact) mass is 1980 g/mol. The van der Waals surface area contributed by atoms with E-state index in [1.807, 2.05) is 17.0 Å². The summed E-state index contributed by atoms with van der Waals surface area (Å²) >= 11 is 61.4. The van der Waals surface area contributed by atoms with Crippen molar-refractivity contribution in [3.63, 3.8) is 0 Å². The minimum atomic E-state index is -2.17. The Morgan fingerprint density at radius 2 is 0.715 bits per heavy atom. The second-order valence-electron chi connectivity index (χ2n) is 36.2. The number of methoxy groups -OCH3 is 2. The number of benzene rings is 7. The molecule has 7 aromatic rings. The van der Waals surface area contributed by atoms with Crippen LogP contribution in [0.25, 0.3) is 0 Å². The quantitative estimate of drug-likeness (QED) is 0.0250. The number of hydrogen-bond acceptors (Lipinski definition) is 20. The molecule has 5 atom stereocenters. The summed E-state index contributed by atoms with van der Waals surface area (Å²) in [7, 11) is 7.61. The number of carbonyl (C=O) groups is 10. The van der Waals surface area contributed by atoms with Gasteiger partial charge in [-0.3, -0.25) is 47.9 Å². The third-order valence-corrected chi connectivity index (χ3v) is 32.0. The molecule has 7 saturated carbocycles. The number of anilines is 7. The second-order valence-corrected chi connectivity index (χ2v) is 40.3. The molecule has 7 aromatic carbocycles. The first-order valence-electron chi connectivity index (χ1n) is 42.9. The Hall–Kier alpha value is -7.65. The highest BCUT2D eigenvalue weighted by Crippen LogP contribution is 2.60. The fourth-order valence-electron chi connectivity index (χ4n) is 20.6. The molecule has 7 aliphatic heterocycles. The third kappa shape index (κ3) is 17.8. The lowest BCUT2D eigenvalue weighted by molar-refractivity contribution is -0.158. The average molecular weight is 1980 g/mol. The summed E-state index contributed by atoms with van der Waals surface area (Å²) in [5, 5.41) is 70.2. The molecular weight excluding hydrogens is 1890 g/mol. The van der Waals surface area contributed by atoms with E-state index in [4.69, 9.17) is 125 Å². The normalized spacial score (nSPS) is 28.2. The van der Waals surface area contributed by atoms with E-state index in [0.717, 1.165) is 141 Å². The Balaban J connectivity index is 0.000000125. The molecule has 690 valence electrons. The van der Waals surface area contributed by atoms with Gasteiger partial charge in [0.2, 0.25) is 0 Å². The van der Waals surface area contributed by atoms with Crippen molar-refractivity contribution in [2.45, 2.75) is 193 Å². The van der Waals surface area contributed by atoms with E-state index in [2.05, 4.69) is 50.5 Å². The number of amides is 5. The number of carbonyl (C=O) groups excluding carboxylic acids is 10. The predicted octanol–water partition coefficient (Wildman–Crippen LogP) is 18.2. The van der Waals surface area contributed by atoms with Crippen molar-refractivity contribution >= 4 is 214 Å². The van der Waals surface area contributed by atoms with Crippen LogP contribution >= 0.6 is 116 Å². The summed E-state index contributed by atoms with van der Waals surface area (Å²) in [6.07, 6.45) is 13.4. The first kappa shape index (κ1) is 96.9. The van der Waals surface area contributed by atoms with Gasteiger partial charge in [0.05, 0.1) is 83.8 Å². The molecule has 7 aliphatic carbocycles. The third-order valence-electron chi connectivity index (χ3n) is 28.9. The molecule has 0 unspecified atom stereocenters. The van der Waals surface area contributed by atoms with Gasteiger partial charge in [0.15, 0.2) is 39.6 Å². The maximum Gasteiger partial charge on any atom is 0.261 e. The number of rotatable bonds is 20. The minimum Gasteiger partial charge on any atom is -0.381 e. The molecule has 0 radical (unpaired) electrons. The Kier molecular flexibility index (Phi) is 27.7. The number of nitrogens with one attached hydrogen (secondary N) is 5. The molecule has 36 heteroatoms. The molecular formula is C94H95Cl10FN8O17. The van der Waals surface area contributed by atoms with Crippen molar-refractivity contribution in [2.24, 2.45) is 16.7 Å². The van der Waals surface area contributed by atoms with E-state index >= 15 is 0 Å². The first-order valence-corrected chi connectivity index (χ1v) is 46.7. The summed E-state index contributed by atoms with van der Waals surface area (Å²) in [5.41, 5.74) is -6.77. The van der Waals surface area contributed by atoms with Crippen LogP contribution in [0.1, 0.15) is 196 Å². The van der Waals surface area contributed by atoms with Gasteiger partial charge in [-0.25, -0.2) is 4.39 Å². The number of aliphatic hydroxyl groups is 5. The standard InChI is InChI=1S/C20H17Cl2FN2O3.C20H24Cl2N2O3.C19H21Cl2NO4.C18H14Cl2N2O3.C17H19Cl2NO4/c21-12-4-5-13(22)18-17(12)20(28,19(27)24-18)10-16(26)11-3-6-15(14(23)9-11)25-7-1-2-8-25;1-24(2)19-8-5-18(6-9-19,7-10-19)14(25)11-20(27)15-12(21)3-4-13(22)16(15)23-17(20)26;1-26-18-7-4-17(5-8-18,6-9-18)13(23)10-19(25)14-11(20)2-3-12(21)15(14)22-16(19)24;19-12-5-6-13(20)16-15(12)18(25,17(24)21-16)9-14(23)10-1-3-11(4-2-10)22-7-8-22;1-24-10-4-2-9(3-5-10)13(21)8-17(23)14-11(18)6-7-12(19)15(14)20-16(17)22/h3-6,9,28H,1-2,7-8,10H2,(H,24,27);3-4,27H,5-11H2,1-2H3,(H,23,26);2-3,25H,4-10H2,1H3,(H,22,24);1-6,25H,7-9H2,(H,21,24);6-7,9-10,23H,2-5,8H2,1H3,(H,20,22)/t20-;18?,19?,20-;17?,18?,19-;18-;9?,10?,17-/m01101/s1. The highest BCUT2D eigenvalue weighted by molar-refractivity contribution is 6.42. The van der Waals surface area contributed by atoms with Gasteiger partial charge >= 0.3 is 0 Å². The van der Waals surface area contributed by atoms with Crippen LogP contribution in [0.5, 0.6) is 0 Å². The van der Waals surface area contributed by atoms with E-state index < -0.39 is 92.8 Å². The summed E-state index contributed by atoms with van der Waals surface area (Å²) in [6.45, 7) is 3.59. The molecule has 4 bridgehead atoms. The molecule has 130 heavy (non-hydrogen) atoms. The molecule has 25 nitrogen and oxygen atoms in total. The van der Waals surface area contributed by atoms with Gasteiger partial charge in [-0.2, -0.15) is 0 Å². The van der Waals surface area contributed by atoms with Crippen molar-refractivity contribution in [3.8, 4) is 0 Å².